The number of benzene rings is 2. The molecule has 2 aromatic carbocycles. The van der Waals surface area contributed by atoms with Crippen LogP contribution in [0.1, 0.15) is 10.4 Å². The van der Waals surface area contributed by atoms with Crippen molar-refractivity contribution in [1.82, 2.24) is 10.2 Å². The molecular weight excluding hydrogens is 478 g/mol. The highest BCUT2D eigenvalue weighted by atomic mass is 127. The second-order valence-corrected chi connectivity index (χ2v) is 7.14. The third-order valence-electron chi connectivity index (χ3n) is 4.01. The first-order chi connectivity index (χ1) is 12.8. The molecule has 3 rings (SSSR count). The van der Waals surface area contributed by atoms with Crippen LogP contribution in [0.2, 0.25) is 0 Å². The molecule has 3 N–H and O–H groups in total. The fourth-order valence-electron chi connectivity index (χ4n) is 2.66. The Hall–Kier alpha value is -2.50. The molecule has 2 aromatic rings. The van der Waals surface area contributed by atoms with Gasteiger partial charge in [0.1, 0.15) is 5.82 Å². The van der Waals surface area contributed by atoms with E-state index in [1.54, 1.807) is 6.07 Å². The van der Waals surface area contributed by atoms with E-state index in [1.807, 2.05) is 22.6 Å². The van der Waals surface area contributed by atoms with Crippen LogP contribution in [-0.4, -0.2) is 41.1 Å². The Morgan fingerprint density at radius 3 is 2.44 bits per heavy atom. The Morgan fingerprint density at radius 2 is 1.81 bits per heavy atom. The molecule has 10 heteroatoms. The number of likely N-dealkylation sites (tertiary alicyclic amines) is 1. The van der Waals surface area contributed by atoms with Crippen molar-refractivity contribution in [2.75, 3.05) is 18.4 Å². The van der Waals surface area contributed by atoms with Gasteiger partial charge in [-0.1, -0.05) is 0 Å². The molecule has 1 heterocycles. The van der Waals surface area contributed by atoms with Gasteiger partial charge in [0, 0.05) is 16.7 Å². The first-order valence-electron chi connectivity index (χ1n) is 7.75. The van der Waals surface area contributed by atoms with Crippen LogP contribution in [-0.2, 0) is 0 Å². The first kappa shape index (κ1) is 19.3. The van der Waals surface area contributed by atoms with Crippen LogP contribution in [0.5, 0.6) is 0 Å². The number of hydrogen-bond acceptors (Lipinski definition) is 3. The van der Waals surface area contributed by atoms with Crippen LogP contribution in [0.15, 0.2) is 30.3 Å². The first-order valence-corrected chi connectivity index (χ1v) is 8.83. The zero-order chi connectivity index (χ0) is 19.7. The number of hydrogen-bond donors (Lipinski definition) is 3. The lowest BCUT2D eigenvalue weighted by Gasteiger charge is -2.39. The highest BCUT2D eigenvalue weighted by Gasteiger charge is 2.34. The average molecular weight is 491 g/mol. The summed E-state index contributed by atoms with van der Waals surface area (Å²) in [7, 11) is 0. The molecule has 0 bridgehead atoms. The third kappa shape index (κ3) is 4.10. The predicted molar refractivity (Wildman–Crippen MR) is 99.6 cm³/mol. The summed E-state index contributed by atoms with van der Waals surface area (Å²) in [5.41, 5.74) is -0.765. The van der Waals surface area contributed by atoms with E-state index < -0.39 is 41.2 Å². The van der Waals surface area contributed by atoms with Crippen molar-refractivity contribution >= 4 is 46.0 Å². The summed E-state index contributed by atoms with van der Waals surface area (Å²) >= 11 is 1.90. The predicted octanol–water partition coefficient (Wildman–Crippen LogP) is 3.54. The van der Waals surface area contributed by atoms with E-state index in [1.165, 1.54) is 17.0 Å². The van der Waals surface area contributed by atoms with Crippen molar-refractivity contribution in [2.24, 2.45) is 0 Å². The number of carbonyl (C=O) groups excluding carboxylic acids is 1. The van der Waals surface area contributed by atoms with E-state index in [0.29, 0.717) is 3.57 Å². The largest absolute Gasteiger partial charge is 0.465 e. The van der Waals surface area contributed by atoms with E-state index in [4.69, 9.17) is 5.11 Å². The van der Waals surface area contributed by atoms with Gasteiger partial charge < -0.3 is 20.6 Å². The maximum atomic E-state index is 14.3. The SMILES string of the molecule is O=C(O)NC1CN(C(=O)c2ccc(F)c(F)c2Nc2ccc(I)cc2F)C1. The van der Waals surface area contributed by atoms with E-state index in [2.05, 4.69) is 10.6 Å². The third-order valence-corrected chi connectivity index (χ3v) is 4.68. The molecule has 142 valence electrons. The summed E-state index contributed by atoms with van der Waals surface area (Å²) in [4.78, 5) is 24.5. The van der Waals surface area contributed by atoms with Crippen molar-refractivity contribution in [3.63, 3.8) is 0 Å². The highest BCUT2D eigenvalue weighted by Crippen LogP contribution is 2.30. The summed E-state index contributed by atoms with van der Waals surface area (Å²) in [6.07, 6.45) is -1.21. The number of carbonyl (C=O) groups is 2. The Morgan fingerprint density at radius 1 is 1.11 bits per heavy atom. The molecule has 0 aromatic heterocycles. The number of nitrogens with zero attached hydrogens (tertiary/aromatic N) is 1. The van der Waals surface area contributed by atoms with Gasteiger partial charge in [-0.15, -0.1) is 0 Å². The average Bonchev–Trinajstić information content (AvgIpc) is 2.56. The summed E-state index contributed by atoms with van der Waals surface area (Å²) in [6, 6.07) is 5.62. The van der Waals surface area contributed by atoms with Crippen LogP contribution < -0.4 is 10.6 Å². The number of halogens is 4. The van der Waals surface area contributed by atoms with Gasteiger partial charge in [0.2, 0.25) is 0 Å². The van der Waals surface area contributed by atoms with Crippen molar-refractivity contribution in [3.05, 3.63) is 56.9 Å². The number of anilines is 2. The molecule has 6 nitrogen and oxygen atoms in total. The van der Waals surface area contributed by atoms with Crippen LogP contribution >= 0.6 is 22.6 Å². The molecule has 0 atom stereocenters. The highest BCUT2D eigenvalue weighted by molar-refractivity contribution is 14.1. The standard InChI is InChI=1S/C17H13F3IN3O3/c18-11-3-2-10(16(25)24-6-9(7-24)22-17(26)27)15(14(11)20)23-13-4-1-8(21)5-12(13)19/h1-5,9,22-23H,6-7H2,(H,26,27). The van der Waals surface area contributed by atoms with Gasteiger partial charge >= 0.3 is 6.09 Å². The molecule has 1 fully saturated rings. The monoisotopic (exact) mass is 491 g/mol. The summed E-state index contributed by atoms with van der Waals surface area (Å²) in [5, 5.41) is 13.3. The fourth-order valence-corrected chi connectivity index (χ4v) is 3.11. The Labute approximate surface area is 165 Å². The van der Waals surface area contributed by atoms with Crippen molar-refractivity contribution in [1.29, 1.82) is 0 Å². The van der Waals surface area contributed by atoms with Crippen LogP contribution in [0, 0.1) is 21.0 Å². The van der Waals surface area contributed by atoms with Crippen molar-refractivity contribution in [2.45, 2.75) is 6.04 Å². The zero-order valence-corrected chi connectivity index (χ0v) is 15.8. The summed E-state index contributed by atoms with van der Waals surface area (Å²) in [6.45, 7) is 0.197. The van der Waals surface area contributed by atoms with Gasteiger partial charge in [-0.2, -0.15) is 0 Å². The summed E-state index contributed by atoms with van der Waals surface area (Å²) < 4.78 is 42.7. The van der Waals surface area contributed by atoms with Gasteiger partial charge in [-0.05, 0) is 52.9 Å². The van der Waals surface area contributed by atoms with E-state index >= 15 is 0 Å². The molecule has 0 aliphatic carbocycles. The minimum absolute atomic E-state index is 0.0987. The molecule has 2 amide bonds. The quantitative estimate of drug-likeness (QED) is 0.572. The Kier molecular flexibility index (Phi) is 5.44. The normalized spacial score (nSPS) is 13.9. The van der Waals surface area contributed by atoms with E-state index in [-0.39, 0.29) is 24.3 Å². The molecule has 1 saturated heterocycles. The molecule has 0 radical (unpaired) electrons. The van der Waals surface area contributed by atoms with Crippen LogP contribution in [0.25, 0.3) is 0 Å². The number of nitrogens with one attached hydrogen (secondary N) is 2. The molecular formula is C17H13F3IN3O3. The minimum atomic E-state index is -1.31. The lowest BCUT2D eigenvalue weighted by Crippen LogP contribution is -2.60. The Balaban J connectivity index is 1.87. The van der Waals surface area contributed by atoms with Gasteiger partial charge in [0.05, 0.1) is 23.0 Å². The molecule has 27 heavy (non-hydrogen) atoms. The second kappa shape index (κ2) is 7.62. The van der Waals surface area contributed by atoms with Crippen LogP contribution in [0.4, 0.5) is 29.3 Å². The molecule has 0 unspecified atom stereocenters. The van der Waals surface area contributed by atoms with E-state index in [9.17, 15) is 22.8 Å². The maximum Gasteiger partial charge on any atom is 0.405 e. The Bertz CT molecular complexity index is 920. The smallest absolute Gasteiger partial charge is 0.405 e. The fraction of sp³-hybridized carbons (Fsp3) is 0.176. The van der Waals surface area contributed by atoms with Gasteiger partial charge in [0.15, 0.2) is 11.6 Å². The maximum absolute atomic E-state index is 14.3. The lowest BCUT2D eigenvalue weighted by molar-refractivity contribution is 0.0565. The molecule has 0 spiro atoms. The minimum Gasteiger partial charge on any atom is -0.465 e. The van der Waals surface area contributed by atoms with Gasteiger partial charge in [0.25, 0.3) is 5.91 Å². The number of carboxylic acid groups (broad SMARTS) is 1. The summed E-state index contributed by atoms with van der Waals surface area (Å²) in [5.74, 6) is -3.79. The number of amides is 2. The number of rotatable bonds is 4. The topological polar surface area (TPSA) is 81.7 Å². The molecule has 1 aliphatic rings. The second-order valence-electron chi connectivity index (χ2n) is 5.89. The molecule has 0 saturated carbocycles. The van der Waals surface area contributed by atoms with E-state index in [0.717, 1.165) is 12.1 Å². The molecule has 1 aliphatic heterocycles. The van der Waals surface area contributed by atoms with Crippen molar-refractivity contribution in [3.8, 4) is 0 Å². The van der Waals surface area contributed by atoms with Crippen LogP contribution in [0.3, 0.4) is 0 Å². The van der Waals surface area contributed by atoms with Gasteiger partial charge in [-0.3, -0.25) is 4.79 Å². The van der Waals surface area contributed by atoms with Gasteiger partial charge in [-0.25, -0.2) is 18.0 Å². The lowest BCUT2D eigenvalue weighted by atomic mass is 10.0. The zero-order valence-electron chi connectivity index (χ0n) is 13.6. The van der Waals surface area contributed by atoms with Crippen molar-refractivity contribution < 1.29 is 27.9 Å².